The van der Waals surface area contributed by atoms with Gasteiger partial charge in [-0.25, -0.2) is 0 Å². The smallest absolute Gasteiger partial charge is 0.122 e. The molecule has 106 valence electrons. The van der Waals surface area contributed by atoms with Crippen LogP contribution in [0.2, 0.25) is 0 Å². The summed E-state index contributed by atoms with van der Waals surface area (Å²) in [5.74, 6) is 1.70. The number of methoxy groups -OCH3 is 1. The molecule has 0 aliphatic heterocycles. The zero-order valence-corrected chi connectivity index (χ0v) is 12.6. The summed E-state index contributed by atoms with van der Waals surface area (Å²) in [5.41, 5.74) is 2.71. The van der Waals surface area contributed by atoms with Gasteiger partial charge in [0, 0.05) is 0 Å². The molecule has 0 heterocycles. The first-order chi connectivity index (χ1) is 9.00. The Morgan fingerprint density at radius 3 is 2.37 bits per heavy atom. The molecule has 1 fully saturated rings. The summed E-state index contributed by atoms with van der Waals surface area (Å²) < 4.78 is 5.35. The minimum absolute atomic E-state index is 0.632. The van der Waals surface area contributed by atoms with Gasteiger partial charge in [0.25, 0.3) is 0 Å². The Morgan fingerprint density at radius 1 is 1.21 bits per heavy atom. The number of benzene rings is 1. The zero-order chi connectivity index (χ0) is 14.0. The lowest BCUT2D eigenvalue weighted by molar-refractivity contribution is -0.0151. The first-order valence-corrected chi connectivity index (χ1v) is 7.38. The largest absolute Gasteiger partial charge is 0.496 e. The van der Waals surface area contributed by atoms with E-state index in [9.17, 15) is 5.11 Å². The molecule has 2 nitrogen and oxygen atoms in total. The zero-order valence-electron chi connectivity index (χ0n) is 12.6. The normalized spacial score (nSPS) is 27.3. The molecule has 0 aromatic heterocycles. The molecular formula is C17H26O2. The van der Waals surface area contributed by atoms with Crippen LogP contribution in [-0.4, -0.2) is 12.2 Å². The minimum atomic E-state index is -0.632. The van der Waals surface area contributed by atoms with E-state index < -0.39 is 5.60 Å². The predicted molar refractivity (Wildman–Crippen MR) is 78.6 cm³/mol. The lowest BCUT2D eigenvalue weighted by Crippen LogP contribution is -2.32. The Labute approximate surface area is 116 Å². The van der Waals surface area contributed by atoms with Gasteiger partial charge in [-0.3, -0.25) is 0 Å². The summed E-state index contributed by atoms with van der Waals surface area (Å²) in [4.78, 5) is 0. The third-order valence-electron chi connectivity index (χ3n) is 4.75. The van der Waals surface area contributed by atoms with E-state index in [1.807, 2.05) is 6.92 Å². The molecule has 1 aliphatic carbocycles. The van der Waals surface area contributed by atoms with Crippen LogP contribution in [0.1, 0.15) is 55.7 Å². The van der Waals surface area contributed by atoms with E-state index in [0.29, 0.717) is 0 Å². The van der Waals surface area contributed by atoms with E-state index >= 15 is 0 Å². The summed E-state index contributed by atoms with van der Waals surface area (Å²) >= 11 is 0. The summed E-state index contributed by atoms with van der Waals surface area (Å²) in [7, 11) is 1.70. The Hall–Kier alpha value is -1.02. The predicted octanol–water partition coefficient (Wildman–Crippen LogP) is 4.10. The monoisotopic (exact) mass is 262 g/mol. The van der Waals surface area contributed by atoms with Gasteiger partial charge in [-0.1, -0.05) is 13.3 Å². The third-order valence-corrected chi connectivity index (χ3v) is 4.75. The molecule has 0 bridgehead atoms. The van der Waals surface area contributed by atoms with Gasteiger partial charge in [0.2, 0.25) is 0 Å². The van der Waals surface area contributed by atoms with Crippen molar-refractivity contribution in [1.29, 1.82) is 0 Å². The molecule has 0 unspecified atom stereocenters. The van der Waals surface area contributed by atoms with Crippen molar-refractivity contribution in [3.05, 3.63) is 28.8 Å². The lowest BCUT2D eigenvalue weighted by atomic mass is 9.73. The van der Waals surface area contributed by atoms with Crippen LogP contribution in [0, 0.1) is 19.8 Å². The van der Waals surface area contributed by atoms with E-state index in [1.165, 1.54) is 6.42 Å². The van der Waals surface area contributed by atoms with Crippen LogP contribution in [0.3, 0.4) is 0 Å². The molecule has 0 amide bonds. The Morgan fingerprint density at radius 2 is 1.84 bits per heavy atom. The first kappa shape index (κ1) is 14.4. The average Bonchev–Trinajstić information content (AvgIpc) is 2.41. The molecular weight excluding hydrogens is 236 g/mol. The van der Waals surface area contributed by atoms with Crippen LogP contribution in [0.4, 0.5) is 0 Å². The second-order valence-electron chi connectivity index (χ2n) is 6.02. The maximum atomic E-state index is 11.0. The molecule has 0 spiro atoms. The highest BCUT2D eigenvalue weighted by molar-refractivity contribution is 5.44. The highest BCUT2D eigenvalue weighted by atomic mass is 16.5. The molecule has 1 N–H and O–H groups in total. The van der Waals surface area contributed by atoms with E-state index in [1.54, 1.807) is 7.11 Å². The molecule has 1 aromatic carbocycles. The number of rotatable bonds is 3. The first-order valence-electron chi connectivity index (χ1n) is 7.38. The van der Waals surface area contributed by atoms with Crippen LogP contribution in [-0.2, 0) is 5.60 Å². The number of aryl methyl sites for hydroxylation is 2. The van der Waals surface area contributed by atoms with E-state index in [2.05, 4.69) is 26.0 Å². The molecule has 0 radical (unpaired) electrons. The summed E-state index contributed by atoms with van der Waals surface area (Å²) in [6, 6.07) is 4.16. The van der Waals surface area contributed by atoms with Gasteiger partial charge in [0.1, 0.15) is 5.75 Å². The molecule has 0 saturated heterocycles. The minimum Gasteiger partial charge on any atom is -0.496 e. The highest BCUT2D eigenvalue weighted by Gasteiger charge is 2.35. The van der Waals surface area contributed by atoms with Gasteiger partial charge in [-0.15, -0.1) is 0 Å². The molecule has 1 aliphatic rings. The van der Waals surface area contributed by atoms with Crippen molar-refractivity contribution in [1.82, 2.24) is 0 Å². The third kappa shape index (κ3) is 2.79. The van der Waals surface area contributed by atoms with Crippen molar-refractivity contribution in [2.45, 2.75) is 58.5 Å². The standard InChI is InChI=1S/C17H26O2/c1-5-14-6-8-17(18,9-7-14)15-10-13(3)16(19-4)11-12(15)2/h10-11,14,18H,5-9H2,1-4H3. The van der Waals surface area contributed by atoms with Gasteiger partial charge in [-0.2, -0.15) is 0 Å². The molecule has 0 atom stereocenters. The number of hydrogen-bond donors (Lipinski definition) is 1. The number of ether oxygens (including phenoxy) is 1. The summed E-state index contributed by atoms with van der Waals surface area (Å²) in [6.07, 6.45) is 5.28. The van der Waals surface area contributed by atoms with Crippen molar-refractivity contribution in [2.75, 3.05) is 7.11 Å². The SMILES string of the molecule is CCC1CCC(O)(c2cc(C)c(OC)cc2C)CC1. The molecule has 2 heteroatoms. The maximum absolute atomic E-state index is 11.0. The van der Waals surface area contributed by atoms with Gasteiger partial charge < -0.3 is 9.84 Å². The molecule has 19 heavy (non-hydrogen) atoms. The Balaban J connectivity index is 2.29. The Kier molecular flexibility index (Phi) is 4.19. The maximum Gasteiger partial charge on any atom is 0.122 e. The second kappa shape index (κ2) is 5.54. The van der Waals surface area contributed by atoms with Crippen LogP contribution >= 0.6 is 0 Å². The van der Waals surface area contributed by atoms with E-state index in [-0.39, 0.29) is 0 Å². The van der Waals surface area contributed by atoms with Gasteiger partial charge >= 0.3 is 0 Å². The number of hydrogen-bond acceptors (Lipinski definition) is 2. The molecule has 1 saturated carbocycles. The van der Waals surface area contributed by atoms with Crippen molar-refractivity contribution >= 4 is 0 Å². The van der Waals surface area contributed by atoms with E-state index in [0.717, 1.165) is 54.0 Å². The highest BCUT2D eigenvalue weighted by Crippen LogP contribution is 2.42. The quantitative estimate of drug-likeness (QED) is 0.888. The average molecular weight is 262 g/mol. The van der Waals surface area contributed by atoms with E-state index in [4.69, 9.17) is 4.74 Å². The Bertz CT molecular complexity index is 443. The topological polar surface area (TPSA) is 29.5 Å². The van der Waals surface area contributed by atoms with Gasteiger partial charge in [-0.05, 0) is 74.3 Å². The van der Waals surface area contributed by atoms with Crippen molar-refractivity contribution < 1.29 is 9.84 Å². The van der Waals surface area contributed by atoms with Gasteiger partial charge in [0.15, 0.2) is 0 Å². The van der Waals surface area contributed by atoms with Crippen LogP contribution in [0.25, 0.3) is 0 Å². The fraction of sp³-hybridized carbons (Fsp3) is 0.647. The molecule has 2 rings (SSSR count). The van der Waals surface area contributed by atoms with Crippen LogP contribution in [0.5, 0.6) is 5.75 Å². The summed E-state index contributed by atoms with van der Waals surface area (Å²) in [5, 5.41) is 11.0. The second-order valence-corrected chi connectivity index (χ2v) is 6.02. The lowest BCUT2D eigenvalue weighted by Gasteiger charge is -2.37. The summed E-state index contributed by atoms with van der Waals surface area (Å²) in [6.45, 7) is 6.36. The van der Waals surface area contributed by atoms with Crippen molar-refractivity contribution in [3.63, 3.8) is 0 Å². The van der Waals surface area contributed by atoms with Crippen LogP contribution in [0.15, 0.2) is 12.1 Å². The molecule has 1 aromatic rings. The van der Waals surface area contributed by atoms with Gasteiger partial charge in [0.05, 0.1) is 12.7 Å². The fourth-order valence-corrected chi connectivity index (χ4v) is 3.34. The number of aliphatic hydroxyl groups is 1. The van der Waals surface area contributed by atoms with Crippen molar-refractivity contribution in [3.8, 4) is 5.75 Å². The fourth-order valence-electron chi connectivity index (χ4n) is 3.34. The van der Waals surface area contributed by atoms with Crippen LogP contribution < -0.4 is 4.74 Å². The van der Waals surface area contributed by atoms with Crippen molar-refractivity contribution in [2.24, 2.45) is 5.92 Å².